The quantitative estimate of drug-likeness (QED) is 0.649. The van der Waals surface area contributed by atoms with Gasteiger partial charge in [-0.05, 0) is 11.7 Å². The lowest BCUT2D eigenvalue weighted by Gasteiger charge is -2.23. The van der Waals surface area contributed by atoms with Gasteiger partial charge in [-0.3, -0.25) is 4.79 Å². The minimum absolute atomic E-state index is 0.0281. The van der Waals surface area contributed by atoms with E-state index >= 15 is 0 Å². The lowest BCUT2D eigenvalue weighted by atomic mass is 10.1. The first-order valence-electron chi connectivity index (χ1n) is 4.72. The number of thiol groups is 1. The highest BCUT2D eigenvalue weighted by molar-refractivity contribution is 7.80. The second-order valence-electron chi connectivity index (χ2n) is 3.61. The van der Waals surface area contributed by atoms with Crippen molar-refractivity contribution in [3.63, 3.8) is 0 Å². The molecule has 0 aliphatic carbocycles. The van der Waals surface area contributed by atoms with Crippen molar-refractivity contribution in [3.8, 4) is 0 Å². The van der Waals surface area contributed by atoms with Crippen molar-refractivity contribution in [3.05, 3.63) is 0 Å². The molecule has 0 bridgehead atoms. The Bertz CT molecular complexity index is 258. The van der Waals surface area contributed by atoms with Gasteiger partial charge in [-0.15, -0.1) is 0 Å². The standard InChI is InChI=1S/C9H15NO4S/c1-14-4-7(9(12)13)10-3-6(5-15)2-8(10)11/h6-7,15H,2-5H2,1H3,(H,12,13)/t6?,7-/m0/s1. The Morgan fingerprint density at radius 3 is 2.87 bits per heavy atom. The van der Waals surface area contributed by atoms with Crippen molar-refractivity contribution in [2.45, 2.75) is 12.5 Å². The van der Waals surface area contributed by atoms with Crippen molar-refractivity contribution >= 4 is 24.5 Å². The SMILES string of the molecule is COC[C@@H](C(=O)O)N1CC(CS)CC1=O. The van der Waals surface area contributed by atoms with Crippen molar-refractivity contribution in [2.75, 3.05) is 26.0 Å². The van der Waals surface area contributed by atoms with Crippen LogP contribution in [0.2, 0.25) is 0 Å². The number of hydrogen-bond acceptors (Lipinski definition) is 4. The molecule has 1 saturated heterocycles. The second kappa shape index (κ2) is 5.37. The molecular formula is C9H15NO4S. The van der Waals surface area contributed by atoms with Crippen LogP contribution >= 0.6 is 12.6 Å². The summed E-state index contributed by atoms with van der Waals surface area (Å²) in [4.78, 5) is 23.8. The smallest absolute Gasteiger partial charge is 0.328 e. The van der Waals surface area contributed by atoms with Crippen LogP contribution in [0.5, 0.6) is 0 Å². The third-order valence-electron chi connectivity index (χ3n) is 2.48. The number of likely N-dealkylation sites (tertiary alicyclic amines) is 1. The van der Waals surface area contributed by atoms with Gasteiger partial charge in [-0.2, -0.15) is 12.6 Å². The predicted octanol–water partition coefficient (Wildman–Crippen LogP) is -0.136. The van der Waals surface area contributed by atoms with E-state index in [1.807, 2.05) is 0 Å². The Labute approximate surface area is 93.8 Å². The lowest BCUT2D eigenvalue weighted by molar-refractivity contribution is -0.150. The van der Waals surface area contributed by atoms with Crippen LogP contribution in [-0.2, 0) is 14.3 Å². The van der Waals surface area contributed by atoms with Gasteiger partial charge in [0.25, 0.3) is 0 Å². The van der Waals surface area contributed by atoms with Crippen LogP contribution in [0.4, 0.5) is 0 Å². The number of methoxy groups -OCH3 is 1. The molecule has 6 heteroatoms. The molecule has 0 radical (unpaired) electrons. The summed E-state index contributed by atoms with van der Waals surface area (Å²) in [7, 11) is 1.42. The molecule has 1 aliphatic heterocycles. The Hall–Kier alpha value is -0.750. The highest BCUT2D eigenvalue weighted by Crippen LogP contribution is 2.21. The van der Waals surface area contributed by atoms with Gasteiger partial charge in [0.15, 0.2) is 6.04 Å². The number of carbonyl (C=O) groups is 2. The number of carbonyl (C=O) groups excluding carboxylic acids is 1. The first-order chi connectivity index (χ1) is 7.10. The number of aliphatic carboxylic acids is 1. The summed E-state index contributed by atoms with van der Waals surface area (Å²) in [6.45, 7) is 0.489. The van der Waals surface area contributed by atoms with Gasteiger partial charge < -0.3 is 14.7 Å². The highest BCUT2D eigenvalue weighted by atomic mass is 32.1. The van der Waals surface area contributed by atoms with E-state index in [-0.39, 0.29) is 18.4 Å². The maximum atomic E-state index is 11.5. The van der Waals surface area contributed by atoms with Crippen LogP contribution in [0, 0.1) is 5.92 Å². The number of carboxylic acid groups (broad SMARTS) is 1. The summed E-state index contributed by atoms with van der Waals surface area (Å²) in [5.41, 5.74) is 0. The van der Waals surface area contributed by atoms with Crippen LogP contribution in [0.15, 0.2) is 0 Å². The Morgan fingerprint density at radius 2 is 2.47 bits per heavy atom. The molecule has 15 heavy (non-hydrogen) atoms. The molecule has 0 aromatic rings. The molecule has 1 N–H and O–H groups in total. The summed E-state index contributed by atoms with van der Waals surface area (Å²) in [5.74, 6) is -0.398. The van der Waals surface area contributed by atoms with Gasteiger partial charge in [0, 0.05) is 20.1 Å². The maximum Gasteiger partial charge on any atom is 0.328 e. The molecular weight excluding hydrogens is 218 g/mol. The Balaban J connectivity index is 2.68. The number of amides is 1. The molecule has 86 valence electrons. The van der Waals surface area contributed by atoms with E-state index in [4.69, 9.17) is 9.84 Å². The van der Waals surface area contributed by atoms with Gasteiger partial charge in [0.2, 0.25) is 5.91 Å². The third-order valence-corrected chi connectivity index (χ3v) is 3.00. The van der Waals surface area contributed by atoms with Crippen LogP contribution in [0.1, 0.15) is 6.42 Å². The zero-order valence-corrected chi connectivity index (χ0v) is 9.44. The lowest BCUT2D eigenvalue weighted by Crippen LogP contribution is -2.45. The van der Waals surface area contributed by atoms with E-state index in [9.17, 15) is 9.59 Å². The zero-order valence-electron chi connectivity index (χ0n) is 8.55. The average Bonchev–Trinajstić information content (AvgIpc) is 2.55. The molecule has 1 aliphatic rings. The molecule has 1 heterocycles. The molecule has 1 rings (SSSR count). The normalized spacial score (nSPS) is 23.2. The van der Waals surface area contributed by atoms with E-state index in [2.05, 4.69) is 12.6 Å². The summed E-state index contributed by atoms with van der Waals surface area (Å²) in [5, 5.41) is 8.95. The fraction of sp³-hybridized carbons (Fsp3) is 0.778. The largest absolute Gasteiger partial charge is 0.480 e. The summed E-state index contributed by atoms with van der Waals surface area (Å²) < 4.78 is 4.80. The van der Waals surface area contributed by atoms with Crippen LogP contribution in [-0.4, -0.2) is 53.9 Å². The number of ether oxygens (including phenoxy) is 1. The van der Waals surface area contributed by atoms with Gasteiger partial charge >= 0.3 is 5.97 Å². The second-order valence-corrected chi connectivity index (χ2v) is 3.97. The van der Waals surface area contributed by atoms with Gasteiger partial charge in [0.05, 0.1) is 6.61 Å². The zero-order chi connectivity index (χ0) is 11.4. The van der Waals surface area contributed by atoms with Crippen LogP contribution in [0.3, 0.4) is 0 Å². The molecule has 2 atom stereocenters. The molecule has 0 spiro atoms. The van der Waals surface area contributed by atoms with Crippen molar-refractivity contribution in [1.82, 2.24) is 4.90 Å². The highest BCUT2D eigenvalue weighted by Gasteiger charge is 2.36. The molecule has 5 nitrogen and oxygen atoms in total. The summed E-state index contributed by atoms with van der Waals surface area (Å²) >= 11 is 4.11. The predicted molar refractivity (Wildman–Crippen MR) is 57.0 cm³/mol. The van der Waals surface area contributed by atoms with E-state index in [0.717, 1.165) is 0 Å². The third kappa shape index (κ3) is 2.85. The average molecular weight is 233 g/mol. The number of nitrogens with zero attached hydrogens (tertiary/aromatic N) is 1. The monoisotopic (exact) mass is 233 g/mol. The van der Waals surface area contributed by atoms with Crippen molar-refractivity contribution in [2.24, 2.45) is 5.92 Å². The summed E-state index contributed by atoms with van der Waals surface area (Å²) in [6, 6.07) is -0.868. The van der Waals surface area contributed by atoms with Gasteiger partial charge in [0.1, 0.15) is 0 Å². The molecule has 0 aromatic heterocycles. The van der Waals surface area contributed by atoms with Gasteiger partial charge in [-0.25, -0.2) is 4.79 Å². The van der Waals surface area contributed by atoms with Gasteiger partial charge in [-0.1, -0.05) is 0 Å². The number of carboxylic acids is 1. The first kappa shape index (κ1) is 12.3. The molecule has 1 fully saturated rings. The van der Waals surface area contributed by atoms with E-state index in [1.54, 1.807) is 0 Å². The minimum Gasteiger partial charge on any atom is -0.480 e. The molecule has 0 aromatic carbocycles. The van der Waals surface area contributed by atoms with E-state index in [1.165, 1.54) is 12.0 Å². The topological polar surface area (TPSA) is 66.8 Å². The summed E-state index contributed by atoms with van der Waals surface area (Å²) in [6.07, 6.45) is 0.386. The van der Waals surface area contributed by atoms with Crippen molar-refractivity contribution in [1.29, 1.82) is 0 Å². The van der Waals surface area contributed by atoms with Crippen molar-refractivity contribution < 1.29 is 19.4 Å². The fourth-order valence-electron chi connectivity index (χ4n) is 1.68. The van der Waals surface area contributed by atoms with E-state index in [0.29, 0.717) is 18.7 Å². The van der Waals surface area contributed by atoms with E-state index < -0.39 is 12.0 Å². The van der Waals surface area contributed by atoms with Crippen LogP contribution in [0.25, 0.3) is 0 Å². The Morgan fingerprint density at radius 1 is 1.80 bits per heavy atom. The molecule has 0 saturated carbocycles. The molecule has 1 unspecified atom stereocenters. The number of rotatable bonds is 5. The van der Waals surface area contributed by atoms with Crippen LogP contribution < -0.4 is 0 Å². The maximum absolute atomic E-state index is 11.5. The molecule has 1 amide bonds. The fourth-order valence-corrected chi connectivity index (χ4v) is 1.93. The minimum atomic E-state index is -1.02. The first-order valence-corrected chi connectivity index (χ1v) is 5.35. The number of hydrogen-bond donors (Lipinski definition) is 2. The Kier molecular flexibility index (Phi) is 4.41.